The fourth-order valence-corrected chi connectivity index (χ4v) is 3.27. The number of benzene rings is 1. The molecular formula is C17H24N4O. The van der Waals surface area contributed by atoms with E-state index in [0.29, 0.717) is 18.5 Å². The average molecular weight is 300 g/mol. The van der Waals surface area contributed by atoms with Crippen molar-refractivity contribution in [1.29, 1.82) is 0 Å². The zero-order valence-corrected chi connectivity index (χ0v) is 13.3. The van der Waals surface area contributed by atoms with Crippen LogP contribution < -0.4 is 10.6 Å². The molecule has 0 radical (unpaired) electrons. The summed E-state index contributed by atoms with van der Waals surface area (Å²) in [6.45, 7) is 6.05. The largest absolute Gasteiger partial charge is 0.353 e. The number of carbonyl (C=O) groups is 1. The number of nitrogens with one attached hydrogen (secondary N) is 2. The number of amides is 1. The lowest BCUT2D eigenvalue weighted by Crippen LogP contribution is -2.36. The highest BCUT2D eigenvalue weighted by atomic mass is 16.1. The van der Waals surface area contributed by atoms with E-state index in [1.54, 1.807) is 0 Å². The Morgan fingerprint density at radius 1 is 1.45 bits per heavy atom. The molecule has 1 aromatic heterocycles. The highest BCUT2D eigenvalue weighted by Crippen LogP contribution is 2.15. The van der Waals surface area contributed by atoms with Gasteiger partial charge in [-0.1, -0.05) is 12.1 Å². The zero-order chi connectivity index (χ0) is 15.5. The molecule has 1 aromatic carbocycles. The summed E-state index contributed by atoms with van der Waals surface area (Å²) in [7, 11) is 0. The van der Waals surface area contributed by atoms with Crippen LogP contribution in [0.3, 0.4) is 0 Å². The topological polar surface area (TPSA) is 59.0 Å². The molecule has 0 spiro atoms. The number of imidazole rings is 1. The lowest BCUT2D eigenvalue weighted by molar-refractivity contribution is -0.119. The Hall–Kier alpha value is -1.88. The van der Waals surface area contributed by atoms with Crippen LogP contribution in [-0.2, 0) is 11.3 Å². The van der Waals surface area contributed by atoms with Crippen molar-refractivity contribution in [3.63, 3.8) is 0 Å². The van der Waals surface area contributed by atoms with Crippen LogP contribution in [0.4, 0.5) is 0 Å². The summed E-state index contributed by atoms with van der Waals surface area (Å²) in [5, 5.41) is 6.58. The number of para-hydroxylation sites is 2. The minimum absolute atomic E-state index is 0.192. The first-order valence-corrected chi connectivity index (χ1v) is 8.08. The maximum absolute atomic E-state index is 11.2. The second-order valence-corrected chi connectivity index (χ2v) is 6.19. The number of nitrogens with zero attached hydrogens (tertiary/aromatic N) is 2. The van der Waals surface area contributed by atoms with Crippen molar-refractivity contribution >= 4 is 16.9 Å². The van der Waals surface area contributed by atoms with Crippen LogP contribution in [-0.4, -0.2) is 34.1 Å². The standard InChI is InChI=1S/C17H24N4O/c1-12(11-14-7-8-17(22)20-14)18-9-10-21-13(2)19-15-5-3-4-6-16(15)21/h3-6,12,14,18H,7-11H2,1-2H3,(H,20,22)/t12-,14-/m1/s1. The fraction of sp³-hybridized carbons (Fsp3) is 0.529. The lowest BCUT2D eigenvalue weighted by Gasteiger charge is -2.18. The highest BCUT2D eigenvalue weighted by molar-refractivity contribution is 5.78. The molecule has 1 amide bonds. The van der Waals surface area contributed by atoms with Gasteiger partial charge >= 0.3 is 0 Å². The molecule has 1 aliphatic rings. The van der Waals surface area contributed by atoms with Crippen LogP contribution in [0.25, 0.3) is 11.0 Å². The third kappa shape index (κ3) is 3.30. The Labute approximate surface area is 131 Å². The second kappa shape index (κ2) is 6.48. The number of rotatable bonds is 6. The van der Waals surface area contributed by atoms with Gasteiger partial charge in [-0.05, 0) is 38.8 Å². The molecule has 118 valence electrons. The van der Waals surface area contributed by atoms with E-state index in [2.05, 4.69) is 52.2 Å². The number of hydrogen-bond acceptors (Lipinski definition) is 3. The van der Waals surface area contributed by atoms with Gasteiger partial charge in [-0.25, -0.2) is 4.98 Å². The Morgan fingerprint density at radius 2 is 2.27 bits per heavy atom. The SMILES string of the molecule is Cc1nc2ccccc2n1CCN[C@H](C)C[C@H]1CCC(=O)N1. The van der Waals surface area contributed by atoms with E-state index in [1.165, 1.54) is 5.52 Å². The quantitative estimate of drug-likeness (QED) is 0.858. The summed E-state index contributed by atoms with van der Waals surface area (Å²) in [6, 6.07) is 8.99. The minimum atomic E-state index is 0.192. The average Bonchev–Trinajstić information content (AvgIpc) is 3.03. The number of aromatic nitrogens is 2. The molecule has 5 nitrogen and oxygen atoms in total. The molecule has 2 heterocycles. The van der Waals surface area contributed by atoms with Gasteiger partial charge in [-0.15, -0.1) is 0 Å². The molecular weight excluding hydrogens is 276 g/mol. The number of fused-ring (bicyclic) bond motifs is 1. The van der Waals surface area contributed by atoms with Gasteiger partial charge < -0.3 is 15.2 Å². The van der Waals surface area contributed by atoms with Gasteiger partial charge in [0.05, 0.1) is 11.0 Å². The van der Waals surface area contributed by atoms with Crippen LogP contribution in [0, 0.1) is 6.92 Å². The van der Waals surface area contributed by atoms with Gasteiger partial charge in [-0.2, -0.15) is 0 Å². The minimum Gasteiger partial charge on any atom is -0.353 e. The fourth-order valence-electron chi connectivity index (χ4n) is 3.27. The summed E-state index contributed by atoms with van der Waals surface area (Å²) in [5.41, 5.74) is 2.25. The molecule has 3 rings (SSSR count). The summed E-state index contributed by atoms with van der Waals surface area (Å²) >= 11 is 0. The monoisotopic (exact) mass is 300 g/mol. The van der Waals surface area contributed by atoms with E-state index >= 15 is 0 Å². The third-order valence-corrected chi connectivity index (χ3v) is 4.40. The molecule has 0 saturated carbocycles. The zero-order valence-electron chi connectivity index (χ0n) is 13.3. The van der Waals surface area contributed by atoms with E-state index in [-0.39, 0.29) is 5.91 Å². The van der Waals surface area contributed by atoms with Gasteiger partial charge in [0.1, 0.15) is 5.82 Å². The summed E-state index contributed by atoms with van der Waals surface area (Å²) < 4.78 is 2.26. The van der Waals surface area contributed by atoms with E-state index in [9.17, 15) is 4.79 Å². The first-order chi connectivity index (χ1) is 10.6. The molecule has 1 saturated heterocycles. The number of hydrogen-bond donors (Lipinski definition) is 2. The third-order valence-electron chi connectivity index (χ3n) is 4.40. The van der Waals surface area contributed by atoms with E-state index < -0.39 is 0 Å². The van der Waals surface area contributed by atoms with Crippen molar-refractivity contribution in [3.8, 4) is 0 Å². The van der Waals surface area contributed by atoms with Crippen molar-refractivity contribution < 1.29 is 4.79 Å². The van der Waals surface area contributed by atoms with Crippen molar-refractivity contribution in [2.45, 2.75) is 51.7 Å². The molecule has 22 heavy (non-hydrogen) atoms. The second-order valence-electron chi connectivity index (χ2n) is 6.19. The molecule has 1 fully saturated rings. The Kier molecular flexibility index (Phi) is 4.43. The predicted octanol–water partition coefficient (Wildman–Crippen LogP) is 1.99. The first-order valence-electron chi connectivity index (χ1n) is 8.08. The van der Waals surface area contributed by atoms with Gasteiger partial charge in [0.25, 0.3) is 0 Å². The maximum Gasteiger partial charge on any atom is 0.220 e. The Balaban J connectivity index is 1.51. The Bertz CT molecular complexity index is 664. The van der Waals surface area contributed by atoms with Crippen molar-refractivity contribution in [1.82, 2.24) is 20.2 Å². The van der Waals surface area contributed by atoms with Gasteiger partial charge in [0.15, 0.2) is 0 Å². The van der Waals surface area contributed by atoms with Crippen molar-refractivity contribution in [2.24, 2.45) is 0 Å². The van der Waals surface area contributed by atoms with Crippen LogP contribution in [0.15, 0.2) is 24.3 Å². The van der Waals surface area contributed by atoms with Gasteiger partial charge in [-0.3, -0.25) is 4.79 Å². The van der Waals surface area contributed by atoms with Gasteiger partial charge in [0.2, 0.25) is 5.91 Å². The molecule has 1 aliphatic heterocycles. The maximum atomic E-state index is 11.2. The highest BCUT2D eigenvalue weighted by Gasteiger charge is 2.22. The number of carbonyl (C=O) groups excluding carboxylic acids is 1. The summed E-state index contributed by atoms with van der Waals surface area (Å²) in [6.07, 6.45) is 2.64. The van der Waals surface area contributed by atoms with Crippen LogP contribution in [0.1, 0.15) is 32.0 Å². The lowest BCUT2D eigenvalue weighted by atomic mass is 10.1. The van der Waals surface area contributed by atoms with Crippen LogP contribution >= 0.6 is 0 Å². The predicted molar refractivity (Wildman–Crippen MR) is 87.7 cm³/mol. The molecule has 0 bridgehead atoms. The van der Waals surface area contributed by atoms with E-state index in [1.807, 2.05) is 6.07 Å². The molecule has 5 heteroatoms. The van der Waals surface area contributed by atoms with Crippen molar-refractivity contribution in [3.05, 3.63) is 30.1 Å². The van der Waals surface area contributed by atoms with E-state index in [0.717, 1.165) is 37.3 Å². The van der Waals surface area contributed by atoms with Crippen LogP contribution in [0.2, 0.25) is 0 Å². The molecule has 2 atom stereocenters. The van der Waals surface area contributed by atoms with Crippen LogP contribution in [0.5, 0.6) is 0 Å². The summed E-state index contributed by atoms with van der Waals surface area (Å²) in [5.74, 6) is 1.25. The molecule has 2 N–H and O–H groups in total. The number of aryl methyl sites for hydroxylation is 1. The van der Waals surface area contributed by atoms with Gasteiger partial charge in [0, 0.05) is 31.6 Å². The molecule has 0 unspecified atom stereocenters. The molecule has 2 aromatic rings. The summed E-state index contributed by atoms with van der Waals surface area (Å²) in [4.78, 5) is 15.8. The smallest absolute Gasteiger partial charge is 0.220 e. The Morgan fingerprint density at radius 3 is 3.05 bits per heavy atom. The first kappa shape index (κ1) is 15.0. The molecule has 0 aliphatic carbocycles. The normalized spacial score (nSPS) is 19.5. The van der Waals surface area contributed by atoms with E-state index in [4.69, 9.17) is 0 Å². The van der Waals surface area contributed by atoms with Crippen molar-refractivity contribution in [2.75, 3.05) is 6.54 Å².